The third kappa shape index (κ3) is 3.45. The number of carbonyl (C=O) groups is 1. The van der Waals surface area contributed by atoms with Gasteiger partial charge in [-0.15, -0.1) is 0 Å². The second-order valence-electron chi connectivity index (χ2n) is 5.76. The third-order valence-corrected chi connectivity index (χ3v) is 4.96. The average Bonchev–Trinajstić information content (AvgIpc) is 3.07. The lowest BCUT2D eigenvalue weighted by Gasteiger charge is -2.09. The van der Waals surface area contributed by atoms with Gasteiger partial charge < -0.3 is 10.3 Å². The number of anilines is 1. The molecule has 6 heteroatoms. The van der Waals surface area contributed by atoms with Gasteiger partial charge in [0.25, 0.3) is 5.91 Å². The van der Waals surface area contributed by atoms with Gasteiger partial charge in [0.1, 0.15) is 5.82 Å². The molecular formula is C20H13ClIN3O. The van der Waals surface area contributed by atoms with E-state index in [-0.39, 0.29) is 5.91 Å². The minimum absolute atomic E-state index is 0.202. The Morgan fingerprint density at radius 1 is 1.04 bits per heavy atom. The van der Waals surface area contributed by atoms with Crippen LogP contribution in [-0.4, -0.2) is 15.9 Å². The number of amides is 1. The van der Waals surface area contributed by atoms with Crippen LogP contribution in [-0.2, 0) is 0 Å². The maximum atomic E-state index is 12.5. The fourth-order valence-electron chi connectivity index (χ4n) is 2.68. The molecule has 2 N–H and O–H groups in total. The molecule has 0 unspecified atom stereocenters. The van der Waals surface area contributed by atoms with Gasteiger partial charge in [0.05, 0.1) is 21.7 Å². The van der Waals surface area contributed by atoms with Crippen molar-refractivity contribution in [1.82, 2.24) is 9.97 Å². The number of aromatic nitrogens is 2. The summed E-state index contributed by atoms with van der Waals surface area (Å²) in [6, 6.07) is 20.7. The summed E-state index contributed by atoms with van der Waals surface area (Å²) in [7, 11) is 0. The zero-order valence-corrected chi connectivity index (χ0v) is 16.4. The van der Waals surface area contributed by atoms with Gasteiger partial charge >= 0.3 is 0 Å². The van der Waals surface area contributed by atoms with E-state index >= 15 is 0 Å². The first-order chi connectivity index (χ1) is 12.6. The van der Waals surface area contributed by atoms with Gasteiger partial charge in [-0.25, -0.2) is 4.98 Å². The van der Waals surface area contributed by atoms with Crippen LogP contribution in [0.15, 0.2) is 66.7 Å². The van der Waals surface area contributed by atoms with Crippen LogP contribution in [0.5, 0.6) is 0 Å². The Bertz CT molecular complexity index is 1090. The molecule has 1 heterocycles. The quantitative estimate of drug-likeness (QED) is 0.373. The van der Waals surface area contributed by atoms with Crippen LogP contribution in [0, 0.1) is 3.57 Å². The number of H-pyrrole nitrogens is 1. The van der Waals surface area contributed by atoms with E-state index in [1.54, 1.807) is 12.1 Å². The molecular weight excluding hydrogens is 461 g/mol. The largest absolute Gasteiger partial charge is 0.338 e. The van der Waals surface area contributed by atoms with Crippen molar-refractivity contribution in [2.45, 2.75) is 0 Å². The molecule has 0 aliphatic carbocycles. The summed E-state index contributed by atoms with van der Waals surface area (Å²) in [6.45, 7) is 0. The van der Waals surface area contributed by atoms with Gasteiger partial charge in [-0.05, 0) is 71.1 Å². The van der Waals surface area contributed by atoms with Gasteiger partial charge in [0.2, 0.25) is 0 Å². The molecule has 26 heavy (non-hydrogen) atoms. The van der Waals surface area contributed by atoms with Crippen LogP contribution in [0.4, 0.5) is 5.69 Å². The number of benzene rings is 3. The number of hydrogen-bond acceptors (Lipinski definition) is 2. The van der Waals surface area contributed by atoms with Crippen molar-refractivity contribution in [3.05, 3.63) is 80.9 Å². The van der Waals surface area contributed by atoms with Gasteiger partial charge in [-0.3, -0.25) is 4.79 Å². The summed E-state index contributed by atoms with van der Waals surface area (Å²) in [5.41, 5.74) is 3.84. The smallest absolute Gasteiger partial charge is 0.255 e. The summed E-state index contributed by atoms with van der Waals surface area (Å²) >= 11 is 8.46. The molecule has 128 valence electrons. The zero-order chi connectivity index (χ0) is 18.1. The average molecular weight is 474 g/mol. The Labute approximate surface area is 168 Å². The number of nitrogens with zero attached hydrogens (tertiary/aromatic N) is 1. The molecule has 3 aromatic carbocycles. The van der Waals surface area contributed by atoms with Gasteiger partial charge in [-0.2, -0.15) is 0 Å². The molecule has 1 amide bonds. The van der Waals surface area contributed by atoms with E-state index in [9.17, 15) is 4.79 Å². The summed E-state index contributed by atoms with van der Waals surface area (Å²) in [4.78, 5) is 20.4. The maximum absolute atomic E-state index is 12.5. The van der Waals surface area contributed by atoms with Crippen LogP contribution in [0.3, 0.4) is 0 Å². The van der Waals surface area contributed by atoms with E-state index in [1.807, 2.05) is 54.6 Å². The van der Waals surface area contributed by atoms with Crippen molar-refractivity contribution < 1.29 is 4.79 Å². The molecule has 0 spiro atoms. The van der Waals surface area contributed by atoms with E-state index in [4.69, 9.17) is 11.6 Å². The molecule has 0 saturated heterocycles. The van der Waals surface area contributed by atoms with Crippen molar-refractivity contribution in [2.24, 2.45) is 0 Å². The van der Waals surface area contributed by atoms with Crippen molar-refractivity contribution in [3.8, 4) is 11.4 Å². The standard InChI is InChI=1S/C20H13ClIN3O/c21-15-9-8-12(19-23-16-6-1-2-7-17(16)24-19)11-18(15)25-20(26)13-4-3-5-14(22)10-13/h1-11H,(H,23,24)(H,25,26). The SMILES string of the molecule is O=C(Nc1cc(-c2nc3ccccc3[nH]2)ccc1Cl)c1cccc(I)c1. The highest BCUT2D eigenvalue weighted by Gasteiger charge is 2.12. The van der Waals surface area contributed by atoms with Crippen molar-refractivity contribution >= 4 is 56.8 Å². The normalized spacial score (nSPS) is 10.8. The number of carbonyl (C=O) groups excluding carboxylic acids is 1. The highest BCUT2D eigenvalue weighted by atomic mass is 127. The lowest BCUT2D eigenvalue weighted by Crippen LogP contribution is -2.12. The van der Waals surface area contributed by atoms with Crippen LogP contribution in [0.1, 0.15) is 10.4 Å². The first kappa shape index (κ1) is 17.1. The van der Waals surface area contributed by atoms with E-state index in [0.717, 1.165) is 26.0 Å². The van der Waals surface area contributed by atoms with Crippen LogP contribution in [0.2, 0.25) is 5.02 Å². The molecule has 0 atom stereocenters. The minimum atomic E-state index is -0.202. The topological polar surface area (TPSA) is 57.8 Å². The molecule has 0 fully saturated rings. The molecule has 4 rings (SSSR count). The third-order valence-electron chi connectivity index (χ3n) is 3.96. The number of imidazole rings is 1. The Kier molecular flexibility index (Phi) is 4.65. The molecule has 4 aromatic rings. The van der Waals surface area contributed by atoms with Crippen LogP contribution in [0.25, 0.3) is 22.4 Å². The Hall–Kier alpha value is -2.38. The molecule has 0 aliphatic rings. The zero-order valence-electron chi connectivity index (χ0n) is 13.5. The summed E-state index contributed by atoms with van der Waals surface area (Å²) in [5.74, 6) is 0.528. The van der Waals surface area contributed by atoms with Gasteiger partial charge in [0, 0.05) is 14.7 Å². The summed E-state index contributed by atoms with van der Waals surface area (Å²) in [5, 5.41) is 3.36. The van der Waals surface area contributed by atoms with E-state index in [0.29, 0.717) is 16.3 Å². The molecule has 0 radical (unpaired) electrons. The molecule has 1 aromatic heterocycles. The molecule has 0 aliphatic heterocycles. The second kappa shape index (κ2) is 7.09. The first-order valence-electron chi connectivity index (χ1n) is 7.92. The molecule has 4 nitrogen and oxygen atoms in total. The summed E-state index contributed by atoms with van der Waals surface area (Å²) < 4.78 is 0.998. The Morgan fingerprint density at radius 2 is 1.88 bits per heavy atom. The second-order valence-corrected chi connectivity index (χ2v) is 7.41. The van der Waals surface area contributed by atoms with Crippen LogP contribution >= 0.6 is 34.2 Å². The lowest BCUT2D eigenvalue weighted by atomic mass is 10.1. The van der Waals surface area contributed by atoms with Crippen molar-refractivity contribution in [3.63, 3.8) is 0 Å². The lowest BCUT2D eigenvalue weighted by molar-refractivity contribution is 0.102. The Morgan fingerprint density at radius 3 is 2.69 bits per heavy atom. The maximum Gasteiger partial charge on any atom is 0.255 e. The highest BCUT2D eigenvalue weighted by molar-refractivity contribution is 14.1. The fourth-order valence-corrected chi connectivity index (χ4v) is 3.39. The van der Waals surface area contributed by atoms with Crippen molar-refractivity contribution in [2.75, 3.05) is 5.32 Å². The number of fused-ring (bicyclic) bond motifs is 1. The monoisotopic (exact) mass is 473 g/mol. The number of halogens is 2. The van der Waals surface area contributed by atoms with E-state index < -0.39 is 0 Å². The number of aromatic amines is 1. The minimum Gasteiger partial charge on any atom is -0.338 e. The number of nitrogens with one attached hydrogen (secondary N) is 2. The molecule has 0 bridgehead atoms. The van der Waals surface area contributed by atoms with E-state index in [2.05, 4.69) is 37.9 Å². The van der Waals surface area contributed by atoms with Crippen LogP contribution < -0.4 is 5.32 Å². The predicted molar refractivity (Wildman–Crippen MR) is 114 cm³/mol. The Balaban J connectivity index is 1.67. The van der Waals surface area contributed by atoms with Gasteiger partial charge in [0.15, 0.2) is 0 Å². The van der Waals surface area contributed by atoms with Gasteiger partial charge in [-0.1, -0.05) is 29.8 Å². The predicted octanol–water partition coefficient (Wildman–Crippen LogP) is 5.74. The number of para-hydroxylation sites is 2. The number of hydrogen-bond donors (Lipinski definition) is 2. The van der Waals surface area contributed by atoms with E-state index in [1.165, 1.54) is 0 Å². The molecule has 0 saturated carbocycles. The van der Waals surface area contributed by atoms with Crippen molar-refractivity contribution in [1.29, 1.82) is 0 Å². The number of rotatable bonds is 3. The first-order valence-corrected chi connectivity index (χ1v) is 9.37. The highest BCUT2D eigenvalue weighted by Crippen LogP contribution is 2.29. The summed E-state index contributed by atoms with van der Waals surface area (Å²) in [6.07, 6.45) is 0. The fraction of sp³-hybridized carbons (Fsp3) is 0.